The van der Waals surface area contributed by atoms with Crippen molar-refractivity contribution in [3.8, 4) is 0 Å². The smallest absolute Gasteiger partial charge is 0.145 e. The van der Waals surface area contributed by atoms with Crippen molar-refractivity contribution < 1.29 is 0 Å². The Kier molecular flexibility index (Phi) is 15.8. The van der Waals surface area contributed by atoms with E-state index in [1.54, 1.807) is 16.8 Å². The van der Waals surface area contributed by atoms with E-state index in [0.29, 0.717) is 5.84 Å². The molecule has 0 amide bonds. The predicted molar refractivity (Wildman–Crippen MR) is 110 cm³/mol. The van der Waals surface area contributed by atoms with E-state index in [1.807, 2.05) is 78.1 Å². The van der Waals surface area contributed by atoms with Crippen LogP contribution in [0.5, 0.6) is 0 Å². The Morgan fingerprint density at radius 3 is 2.25 bits per heavy atom. The molecule has 0 saturated carbocycles. The molecule has 0 spiro atoms. The lowest BCUT2D eigenvalue weighted by Crippen LogP contribution is -2.06. The largest absolute Gasteiger partial charge is 0.286 e. The maximum atomic E-state index is 8.01. The maximum absolute atomic E-state index is 8.01. The number of nitrogens with one attached hydrogen (secondary N) is 1. The number of nitrogens with zero attached hydrogens (tertiary/aromatic N) is 2. The van der Waals surface area contributed by atoms with Crippen molar-refractivity contribution in [3.63, 3.8) is 0 Å². The van der Waals surface area contributed by atoms with Crippen LogP contribution in [-0.4, -0.2) is 15.4 Å². The first-order valence-electron chi connectivity index (χ1n) is 8.96. The fourth-order valence-corrected chi connectivity index (χ4v) is 1.55. The van der Waals surface area contributed by atoms with E-state index in [-0.39, 0.29) is 0 Å². The van der Waals surface area contributed by atoms with Gasteiger partial charge in [-0.15, -0.1) is 0 Å². The van der Waals surface area contributed by atoms with Gasteiger partial charge in [-0.25, -0.2) is 4.98 Å². The molecule has 0 aliphatic rings. The lowest BCUT2D eigenvalue weighted by molar-refractivity contribution is 1.09. The number of pyridine rings is 1. The highest BCUT2D eigenvalue weighted by Gasteiger charge is 2.03. The van der Waals surface area contributed by atoms with E-state index in [0.717, 1.165) is 16.6 Å². The molecule has 134 valence electrons. The molecule has 3 nitrogen and oxygen atoms in total. The zero-order valence-electron chi connectivity index (χ0n) is 16.7. The molecule has 0 fully saturated rings. The van der Waals surface area contributed by atoms with Crippen molar-refractivity contribution in [2.45, 2.75) is 61.8 Å². The van der Waals surface area contributed by atoms with Gasteiger partial charge in [-0.2, -0.15) is 0 Å². The normalized spacial score (nSPS) is 10.1. The SMILES string of the molecule is C/C=C(C)\C=C/C(=N)n1ccc2cccnc21.CC.CC.CCC. The van der Waals surface area contributed by atoms with Crippen LogP contribution in [0.15, 0.2) is 54.4 Å². The van der Waals surface area contributed by atoms with Gasteiger partial charge in [-0.05, 0) is 38.1 Å². The van der Waals surface area contributed by atoms with Gasteiger partial charge in [-0.3, -0.25) is 9.98 Å². The Hall–Kier alpha value is -2.16. The van der Waals surface area contributed by atoms with Crippen LogP contribution in [0, 0.1) is 5.41 Å². The minimum Gasteiger partial charge on any atom is -0.286 e. The van der Waals surface area contributed by atoms with E-state index in [9.17, 15) is 0 Å². The summed E-state index contributed by atoms with van der Waals surface area (Å²) in [5.41, 5.74) is 1.96. The lowest BCUT2D eigenvalue weighted by Gasteiger charge is -2.01. The van der Waals surface area contributed by atoms with Crippen molar-refractivity contribution in [3.05, 3.63) is 54.4 Å². The van der Waals surface area contributed by atoms with Gasteiger partial charge in [-0.1, -0.05) is 65.7 Å². The molecule has 24 heavy (non-hydrogen) atoms. The Morgan fingerprint density at radius 1 is 1.12 bits per heavy atom. The third kappa shape index (κ3) is 8.47. The summed E-state index contributed by atoms with van der Waals surface area (Å²) in [6, 6.07) is 5.86. The Labute approximate surface area is 148 Å². The molecule has 2 aromatic rings. The van der Waals surface area contributed by atoms with E-state index < -0.39 is 0 Å². The summed E-state index contributed by atoms with van der Waals surface area (Å²) in [7, 11) is 0. The number of hydrogen-bond acceptors (Lipinski definition) is 2. The molecule has 0 radical (unpaired) electrons. The number of allylic oxidation sites excluding steroid dienone is 4. The van der Waals surface area contributed by atoms with E-state index in [1.165, 1.54) is 6.42 Å². The van der Waals surface area contributed by atoms with Gasteiger partial charge in [0, 0.05) is 17.8 Å². The fraction of sp³-hybridized carbons (Fsp3) is 0.429. The zero-order chi connectivity index (χ0) is 19.0. The average Bonchev–Trinajstić information content (AvgIpc) is 3.07. The van der Waals surface area contributed by atoms with Crippen LogP contribution in [0.2, 0.25) is 0 Å². The van der Waals surface area contributed by atoms with Crippen molar-refractivity contribution in [1.29, 1.82) is 5.41 Å². The Balaban J connectivity index is 0. The molecule has 1 N–H and O–H groups in total. The summed E-state index contributed by atoms with van der Waals surface area (Å²) in [5.74, 6) is 0.417. The van der Waals surface area contributed by atoms with Crippen LogP contribution in [0.25, 0.3) is 11.0 Å². The van der Waals surface area contributed by atoms with E-state index >= 15 is 0 Å². The maximum Gasteiger partial charge on any atom is 0.145 e. The van der Waals surface area contributed by atoms with E-state index in [2.05, 4.69) is 18.8 Å². The summed E-state index contributed by atoms with van der Waals surface area (Å²) in [6.45, 7) is 16.2. The van der Waals surface area contributed by atoms with Crippen LogP contribution < -0.4 is 0 Å². The van der Waals surface area contributed by atoms with Crippen LogP contribution in [0.1, 0.15) is 61.8 Å². The van der Waals surface area contributed by atoms with Gasteiger partial charge >= 0.3 is 0 Å². The summed E-state index contributed by atoms with van der Waals surface area (Å²) >= 11 is 0. The van der Waals surface area contributed by atoms with Gasteiger partial charge < -0.3 is 0 Å². The summed E-state index contributed by atoms with van der Waals surface area (Å²) < 4.78 is 1.77. The first kappa shape index (κ1) is 24.1. The number of hydrogen-bond donors (Lipinski definition) is 1. The molecule has 2 heterocycles. The minimum atomic E-state index is 0.417. The monoisotopic (exact) mass is 329 g/mol. The summed E-state index contributed by atoms with van der Waals surface area (Å²) in [4.78, 5) is 4.28. The second-order valence-corrected chi connectivity index (χ2v) is 4.56. The van der Waals surface area contributed by atoms with Crippen LogP contribution in [0.4, 0.5) is 0 Å². The molecule has 2 aromatic heterocycles. The topological polar surface area (TPSA) is 41.7 Å². The number of rotatable bonds is 2. The quantitative estimate of drug-likeness (QED) is 0.365. The lowest BCUT2D eigenvalue weighted by atomic mass is 10.2. The molecule has 0 aliphatic carbocycles. The van der Waals surface area contributed by atoms with Gasteiger partial charge in [0.05, 0.1) is 0 Å². The van der Waals surface area contributed by atoms with Gasteiger partial charge in [0.1, 0.15) is 11.5 Å². The van der Waals surface area contributed by atoms with Gasteiger partial charge in [0.15, 0.2) is 0 Å². The van der Waals surface area contributed by atoms with Crippen LogP contribution >= 0.6 is 0 Å². The summed E-state index contributed by atoms with van der Waals surface area (Å²) in [6.07, 6.45) is 10.6. The third-order valence-electron chi connectivity index (χ3n) is 2.67. The fourth-order valence-electron chi connectivity index (χ4n) is 1.55. The molecule has 0 bridgehead atoms. The van der Waals surface area contributed by atoms with Gasteiger partial charge in [0.2, 0.25) is 0 Å². The molecule has 0 saturated heterocycles. The van der Waals surface area contributed by atoms with Crippen molar-refractivity contribution in [2.24, 2.45) is 0 Å². The van der Waals surface area contributed by atoms with Crippen molar-refractivity contribution >= 4 is 16.9 Å². The second-order valence-electron chi connectivity index (χ2n) is 4.56. The van der Waals surface area contributed by atoms with E-state index in [4.69, 9.17) is 5.41 Å². The summed E-state index contributed by atoms with van der Waals surface area (Å²) in [5, 5.41) is 9.06. The zero-order valence-corrected chi connectivity index (χ0v) is 16.7. The highest BCUT2D eigenvalue weighted by molar-refractivity contribution is 5.98. The third-order valence-corrected chi connectivity index (χ3v) is 2.67. The second kappa shape index (κ2) is 15.7. The average molecular weight is 330 g/mol. The Morgan fingerprint density at radius 2 is 1.71 bits per heavy atom. The molecular weight excluding hydrogens is 294 g/mol. The van der Waals surface area contributed by atoms with Crippen molar-refractivity contribution in [2.75, 3.05) is 0 Å². The molecule has 3 heteroatoms. The van der Waals surface area contributed by atoms with Crippen LogP contribution in [-0.2, 0) is 0 Å². The Bertz CT molecular complexity index is 619. The molecular formula is C21H35N3. The standard InChI is InChI=1S/C14H15N3.C3H8.2C2H6/c1-3-11(2)6-7-13(15)17-10-8-12-5-4-9-16-14(12)17;1-3-2;2*1-2/h3-10,15H,1-2H3;3H2,1-2H3;2*1-2H3/b7-6-,11-3-,15-13?;;;. The first-order chi connectivity index (χ1) is 11.6. The van der Waals surface area contributed by atoms with Crippen LogP contribution in [0.3, 0.4) is 0 Å². The minimum absolute atomic E-state index is 0.417. The number of aromatic nitrogens is 2. The highest BCUT2D eigenvalue weighted by atomic mass is 15.1. The predicted octanol–water partition coefficient (Wildman–Crippen LogP) is 6.85. The molecule has 2 rings (SSSR count). The van der Waals surface area contributed by atoms with Crippen molar-refractivity contribution in [1.82, 2.24) is 9.55 Å². The van der Waals surface area contributed by atoms with Gasteiger partial charge in [0.25, 0.3) is 0 Å². The molecule has 0 atom stereocenters. The molecule has 0 aromatic carbocycles. The first-order valence-corrected chi connectivity index (χ1v) is 8.96. The molecule has 0 unspecified atom stereocenters. The highest BCUT2D eigenvalue weighted by Crippen LogP contribution is 2.12. The number of fused-ring (bicyclic) bond motifs is 1. The molecule has 0 aliphatic heterocycles.